The van der Waals surface area contributed by atoms with E-state index in [-0.39, 0.29) is 28.7 Å². The van der Waals surface area contributed by atoms with Crippen molar-refractivity contribution in [3.63, 3.8) is 0 Å². The van der Waals surface area contributed by atoms with E-state index in [2.05, 4.69) is 0 Å². The lowest BCUT2D eigenvalue weighted by atomic mass is 10.2. The highest BCUT2D eigenvalue weighted by atomic mass is 35.5. The molecule has 0 fully saturated rings. The molecule has 1 unspecified atom stereocenters. The summed E-state index contributed by atoms with van der Waals surface area (Å²) in [5, 5.41) is 10.5. The first kappa shape index (κ1) is 19.2. The minimum absolute atomic E-state index is 0.00496. The highest BCUT2D eigenvalue weighted by Crippen LogP contribution is 2.27. The third kappa shape index (κ3) is 4.93. The molecule has 0 aliphatic carbocycles. The molecule has 1 atom stereocenters. The second-order valence-corrected chi connectivity index (χ2v) is 7.23. The standard InChI is InChI=1S/C17H16ClFN2O3S/c1-11(25-13-8-6-12(7-9-13)21(23)24)17(22)20(2)10-14-15(18)4-3-5-16(14)19/h3-9,11H,10H2,1-2H3. The molecular weight excluding hydrogens is 367 g/mol. The second kappa shape index (κ2) is 8.31. The molecule has 8 heteroatoms. The number of carbonyl (C=O) groups excluding carboxylic acids is 1. The van der Waals surface area contributed by atoms with E-state index in [1.54, 1.807) is 32.2 Å². The van der Waals surface area contributed by atoms with Gasteiger partial charge in [0.1, 0.15) is 5.82 Å². The van der Waals surface area contributed by atoms with Crippen LogP contribution in [0.3, 0.4) is 0 Å². The zero-order valence-corrected chi connectivity index (χ0v) is 15.2. The van der Waals surface area contributed by atoms with Crippen molar-refractivity contribution < 1.29 is 14.1 Å². The van der Waals surface area contributed by atoms with Gasteiger partial charge in [0.05, 0.1) is 10.2 Å². The highest BCUT2D eigenvalue weighted by molar-refractivity contribution is 8.00. The van der Waals surface area contributed by atoms with Crippen molar-refractivity contribution in [1.82, 2.24) is 4.90 Å². The summed E-state index contributed by atoms with van der Waals surface area (Å²) in [5.74, 6) is -0.648. The minimum Gasteiger partial charge on any atom is -0.340 e. The molecule has 2 rings (SSSR count). The van der Waals surface area contributed by atoms with Crippen molar-refractivity contribution in [2.45, 2.75) is 23.6 Å². The van der Waals surface area contributed by atoms with Gasteiger partial charge in [0.25, 0.3) is 5.69 Å². The third-order valence-electron chi connectivity index (χ3n) is 3.54. The summed E-state index contributed by atoms with van der Waals surface area (Å²) in [7, 11) is 1.58. The summed E-state index contributed by atoms with van der Waals surface area (Å²) in [5.41, 5.74) is 0.266. The predicted molar refractivity (Wildman–Crippen MR) is 96.3 cm³/mol. The predicted octanol–water partition coefficient (Wildman–Crippen LogP) is 4.53. The number of nitrogens with zero attached hydrogens (tertiary/aromatic N) is 2. The fraction of sp³-hybridized carbons (Fsp3) is 0.235. The van der Waals surface area contributed by atoms with Crippen molar-refractivity contribution in [3.8, 4) is 0 Å². The molecule has 0 aliphatic heterocycles. The molecule has 0 N–H and O–H groups in total. The van der Waals surface area contributed by atoms with Gasteiger partial charge in [0.2, 0.25) is 5.91 Å². The van der Waals surface area contributed by atoms with E-state index in [0.717, 1.165) is 4.90 Å². The molecule has 0 aromatic heterocycles. The molecule has 5 nitrogen and oxygen atoms in total. The van der Waals surface area contributed by atoms with Crippen LogP contribution >= 0.6 is 23.4 Å². The van der Waals surface area contributed by atoms with Crippen LogP contribution in [0, 0.1) is 15.9 Å². The summed E-state index contributed by atoms with van der Waals surface area (Å²) in [6.45, 7) is 1.80. The first-order chi connectivity index (χ1) is 11.8. The number of amides is 1. The Balaban J connectivity index is 2.02. The Hall–Kier alpha value is -2.12. The van der Waals surface area contributed by atoms with E-state index in [4.69, 9.17) is 11.6 Å². The van der Waals surface area contributed by atoms with Gasteiger partial charge in [-0.3, -0.25) is 14.9 Å². The van der Waals surface area contributed by atoms with Crippen LogP contribution in [0.4, 0.5) is 10.1 Å². The summed E-state index contributed by atoms with van der Waals surface area (Å²) in [6, 6.07) is 10.4. The van der Waals surface area contributed by atoms with Gasteiger partial charge >= 0.3 is 0 Å². The summed E-state index contributed by atoms with van der Waals surface area (Å²) < 4.78 is 13.8. The zero-order valence-electron chi connectivity index (χ0n) is 13.6. The number of hydrogen-bond acceptors (Lipinski definition) is 4. The van der Waals surface area contributed by atoms with Crippen molar-refractivity contribution >= 4 is 35.0 Å². The minimum atomic E-state index is -0.477. The second-order valence-electron chi connectivity index (χ2n) is 5.41. The van der Waals surface area contributed by atoms with E-state index >= 15 is 0 Å². The SMILES string of the molecule is CC(Sc1ccc([N+](=O)[O-])cc1)C(=O)N(C)Cc1c(F)cccc1Cl. The summed E-state index contributed by atoms with van der Waals surface area (Å²) in [6.07, 6.45) is 0. The molecule has 0 spiro atoms. The largest absolute Gasteiger partial charge is 0.340 e. The number of hydrogen-bond donors (Lipinski definition) is 0. The van der Waals surface area contributed by atoms with Gasteiger partial charge in [-0.1, -0.05) is 17.7 Å². The van der Waals surface area contributed by atoms with Gasteiger partial charge in [-0.25, -0.2) is 4.39 Å². The van der Waals surface area contributed by atoms with E-state index in [1.807, 2.05) is 0 Å². The Labute approximate surface area is 153 Å². The third-order valence-corrected chi connectivity index (χ3v) is 4.99. The smallest absolute Gasteiger partial charge is 0.269 e. The lowest BCUT2D eigenvalue weighted by molar-refractivity contribution is -0.384. The van der Waals surface area contributed by atoms with Crippen LogP contribution in [0.25, 0.3) is 0 Å². The highest BCUT2D eigenvalue weighted by Gasteiger charge is 2.21. The normalized spacial score (nSPS) is 11.8. The van der Waals surface area contributed by atoms with Crippen LogP contribution in [-0.2, 0) is 11.3 Å². The number of non-ortho nitro benzene ring substituents is 1. The fourth-order valence-electron chi connectivity index (χ4n) is 2.21. The molecule has 25 heavy (non-hydrogen) atoms. The first-order valence-electron chi connectivity index (χ1n) is 7.38. The van der Waals surface area contributed by atoms with E-state index in [9.17, 15) is 19.3 Å². The Morgan fingerprint density at radius 1 is 1.32 bits per heavy atom. The number of halogens is 2. The quantitative estimate of drug-likeness (QED) is 0.418. The molecule has 0 aliphatic rings. The molecular formula is C17H16ClFN2O3S. The number of benzene rings is 2. The average molecular weight is 383 g/mol. The lowest BCUT2D eigenvalue weighted by Crippen LogP contribution is -2.33. The monoisotopic (exact) mass is 382 g/mol. The Morgan fingerprint density at radius 3 is 2.52 bits per heavy atom. The summed E-state index contributed by atoms with van der Waals surface area (Å²) in [4.78, 5) is 24.8. The molecule has 0 radical (unpaired) electrons. The van der Waals surface area contributed by atoms with Gasteiger partial charge < -0.3 is 4.90 Å². The lowest BCUT2D eigenvalue weighted by Gasteiger charge is -2.22. The van der Waals surface area contributed by atoms with Crippen molar-refractivity contribution in [3.05, 3.63) is 69.0 Å². The number of carbonyl (C=O) groups is 1. The van der Waals surface area contributed by atoms with E-state index in [1.165, 1.54) is 40.9 Å². The number of nitro groups is 1. The Kier molecular flexibility index (Phi) is 6.39. The van der Waals surface area contributed by atoms with Crippen LogP contribution in [0.1, 0.15) is 12.5 Å². The number of nitro benzene ring substituents is 1. The van der Waals surface area contributed by atoms with Gasteiger partial charge in [-0.05, 0) is 31.2 Å². The van der Waals surface area contributed by atoms with Gasteiger partial charge in [0, 0.05) is 41.2 Å². The molecule has 2 aromatic carbocycles. The van der Waals surface area contributed by atoms with Gasteiger partial charge in [-0.15, -0.1) is 11.8 Å². The maximum absolute atomic E-state index is 13.8. The van der Waals surface area contributed by atoms with Crippen molar-refractivity contribution in [2.75, 3.05) is 7.05 Å². The van der Waals surface area contributed by atoms with Crippen molar-refractivity contribution in [2.24, 2.45) is 0 Å². The van der Waals surface area contributed by atoms with Crippen LogP contribution in [0.5, 0.6) is 0 Å². The van der Waals surface area contributed by atoms with Gasteiger partial charge in [0.15, 0.2) is 0 Å². The first-order valence-corrected chi connectivity index (χ1v) is 8.64. The van der Waals surface area contributed by atoms with Crippen LogP contribution in [0.15, 0.2) is 47.4 Å². The molecule has 0 saturated heterocycles. The maximum Gasteiger partial charge on any atom is 0.269 e. The molecule has 0 saturated carbocycles. The van der Waals surface area contributed by atoms with Crippen LogP contribution < -0.4 is 0 Å². The van der Waals surface area contributed by atoms with Crippen LogP contribution in [0.2, 0.25) is 5.02 Å². The molecule has 0 heterocycles. The number of rotatable bonds is 6. The Bertz CT molecular complexity index is 766. The Morgan fingerprint density at radius 2 is 1.96 bits per heavy atom. The molecule has 132 valence electrons. The van der Waals surface area contributed by atoms with E-state index < -0.39 is 16.0 Å². The zero-order chi connectivity index (χ0) is 18.6. The number of thioether (sulfide) groups is 1. The molecule has 2 aromatic rings. The van der Waals surface area contributed by atoms with E-state index in [0.29, 0.717) is 0 Å². The fourth-order valence-corrected chi connectivity index (χ4v) is 3.41. The maximum atomic E-state index is 13.8. The molecule has 0 bridgehead atoms. The average Bonchev–Trinajstić information content (AvgIpc) is 2.57. The van der Waals surface area contributed by atoms with Gasteiger partial charge in [-0.2, -0.15) is 0 Å². The van der Waals surface area contributed by atoms with Crippen LogP contribution in [-0.4, -0.2) is 28.0 Å². The van der Waals surface area contributed by atoms with Crippen molar-refractivity contribution in [1.29, 1.82) is 0 Å². The summed E-state index contributed by atoms with van der Waals surface area (Å²) >= 11 is 7.27. The molecule has 1 amide bonds. The topological polar surface area (TPSA) is 63.5 Å².